The van der Waals surface area contributed by atoms with Crippen LogP contribution in [-0.2, 0) is 11.3 Å². The lowest BCUT2D eigenvalue weighted by molar-refractivity contribution is 0.0526. The Morgan fingerprint density at radius 3 is 2.40 bits per heavy atom. The molecule has 2 aromatic carbocycles. The van der Waals surface area contributed by atoms with E-state index in [0.717, 1.165) is 16.9 Å². The maximum absolute atomic E-state index is 11.5. The molecule has 0 heterocycles. The van der Waals surface area contributed by atoms with E-state index in [-0.39, 0.29) is 5.97 Å². The monoisotopic (exact) mass is 270 g/mol. The Balaban J connectivity index is 1.98. The SMILES string of the molecule is CCOC(=O)c1ccc(COc2ccccc2C)cc1. The van der Waals surface area contributed by atoms with E-state index < -0.39 is 0 Å². The minimum Gasteiger partial charge on any atom is -0.489 e. The minimum absolute atomic E-state index is 0.293. The van der Waals surface area contributed by atoms with Crippen LogP contribution in [0.25, 0.3) is 0 Å². The van der Waals surface area contributed by atoms with Gasteiger partial charge in [-0.15, -0.1) is 0 Å². The Morgan fingerprint density at radius 1 is 1.05 bits per heavy atom. The van der Waals surface area contributed by atoms with E-state index in [2.05, 4.69) is 0 Å². The molecule has 0 radical (unpaired) electrons. The second-order valence-corrected chi connectivity index (χ2v) is 4.47. The number of para-hydroxylation sites is 1. The highest BCUT2D eigenvalue weighted by atomic mass is 16.5. The number of carbonyl (C=O) groups excluding carboxylic acids is 1. The van der Waals surface area contributed by atoms with Gasteiger partial charge in [0.25, 0.3) is 0 Å². The fraction of sp³-hybridized carbons (Fsp3) is 0.235. The number of esters is 1. The van der Waals surface area contributed by atoms with E-state index in [9.17, 15) is 4.79 Å². The highest BCUT2D eigenvalue weighted by Gasteiger charge is 2.06. The molecule has 0 aliphatic heterocycles. The number of aryl methyl sites for hydroxylation is 1. The van der Waals surface area contributed by atoms with Gasteiger partial charge in [0, 0.05) is 0 Å². The van der Waals surface area contributed by atoms with Crippen LogP contribution in [0.2, 0.25) is 0 Å². The standard InChI is InChI=1S/C17H18O3/c1-3-19-17(18)15-10-8-14(9-11-15)12-20-16-7-5-4-6-13(16)2/h4-11H,3,12H2,1-2H3. The number of benzene rings is 2. The summed E-state index contributed by atoms with van der Waals surface area (Å²) < 4.78 is 10.7. The van der Waals surface area contributed by atoms with E-state index in [1.807, 2.05) is 43.3 Å². The fourth-order valence-corrected chi connectivity index (χ4v) is 1.83. The normalized spacial score (nSPS) is 10.1. The maximum Gasteiger partial charge on any atom is 0.338 e. The fourth-order valence-electron chi connectivity index (χ4n) is 1.83. The van der Waals surface area contributed by atoms with Crippen LogP contribution in [0.15, 0.2) is 48.5 Å². The molecular formula is C17H18O3. The minimum atomic E-state index is -0.293. The van der Waals surface area contributed by atoms with Crippen LogP contribution in [0.5, 0.6) is 5.75 Å². The first kappa shape index (κ1) is 14.1. The lowest BCUT2D eigenvalue weighted by Crippen LogP contribution is -2.05. The molecule has 20 heavy (non-hydrogen) atoms. The molecule has 104 valence electrons. The molecule has 0 saturated heterocycles. The van der Waals surface area contributed by atoms with Gasteiger partial charge in [-0.1, -0.05) is 30.3 Å². The molecule has 0 bridgehead atoms. The predicted molar refractivity (Wildman–Crippen MR) is 77.9 cm³/mol. The van der Waals surface area contributed by atoms with Crippen LogP contribution >= 0.6 is 0 Å². The molecular weight excluding hydrogens is 252 g/mol. The first-order valence-electron chi connectivity index (χ1n) is 6.65. The van der Waals surface area contributed by atoms with Gasteiger partial charge in [-0.2, -0.15) is 0 Å². The number of ether oxygens (including phenoxy) is 2. The van der Waals surface area contributed by atoms with E-state index in [0.29, 0.717) is 18.8 Å². The van der Waals surface area contributed by atoms with Crippen molar-refractivity contribution in [3.05, 3.63) is 65.2 Å². The lowest BCUT2D eigenvalue weighted by atomic mass is 10.1. The van der Waals surface area contributed by atoms with Crippen LogP contribution in [0, 0.1) is 6.92 Å². The van der Waals surface area contributed by atoms with Crippen molar-refractivity contribution in [2.45, 2.75) is 20.5 Å². The molecule has 0 unspecified atom stereocenters. The first-order valence-corrected chi connectivity index (χ1v) is 6.65. The molecule has 0 N–H and O–H groups in total. The molecule has 0 saturated carbocycles. The molecule has 0 amide bonds. The summed E-state index contributed by atoms with van der Waals surface area (Å²) in [4.78, 5) is 11.5. The molecule has 0 aromatic heterocycles. The van der Waals surface area contributed by atoms with Crippen molar-refractivity contribution >= 4 is 5.97 Å². The zero-order valence-electron chi connectivity index (χ0n) is 11.8. The van der Waals surface area contributed by atoms with Gasteiger partial charge in [-0.05, 0) is 43.2 Å². The highest BCUT2D eigenvalue weighted by Crippen LogP contribution is 2.18. The van der Waals surface area contributed by atoms with Crippen LogP contribution in [-0.4, -0.2) is 12.6 Å². The molecule has 3 heteroatoms. The summed E-state index contributed by atoms with van der Waals surface area (Å²) in [6.45, 7) is 4.67. The molecule has 2 rings (SSSR count). The molecule has 0 atom stereocenters. The first-order chi connectivity index (χ1) is 9.70. The van der Waals surface area contributed by atoms with Gasteiger partial charge in [0.05, 0.1) is 12.2 Å². The van der Waals surface area contributed by atoms with Crippen LogP contribution in [0.3, 0.4) is 0 Å². The zero-order valence-corrected chi connectivity index (χ0v) is 11.8. The zero-order chi connectivity index (χ0) is 14.4. The predicted octanol–water partition coefficient (Wildman–Crippen LogP) is 3.75. The summed E-state index contributed by atoms with van der Waals surface area (Å²) in [5.41, 5.74) is 2.68. The lowest BCUT2D eigenvalue weighted by Gasteiger charge is -2.09. The largest absolute Gasteiger partial charge is 0.489 e. The molecule has 3 nitrogen and oxygen atoms in total. The average molecular weight is 270 g/mol. The van der Waals surface area contributed by atoms with E-state index in [1.165, 1.54) is 0 Å². The summed E-state index contributed by atoms with van der Waals surface area (Å²) in [6.07, 6.45) is 0. The van der Waals surface area contributed by atoms with Gasteiger partial charge in [-0.25, -0.2) is 4.79 Å². The van der Waals surface area contributed by atoms with Crippen molar-refractivity contribution in [2.24, 2.45) is 0 Å². The van der Waals surface area contributed by atoms with Gasteiger partial charge < -0.3 is 9.47 Å². The summed E-state index contributed by atoms with van der Waals surface area (Å²) in [5, 5.41) is 0. The van der Waals surface area contributed by atoms with Crippen molar-refractivity contribution in [3.63, 3.8) is 0 Å². The molecule has 0 spiro atoms. The Labute approximate surface area is 119 Å². The average Bonchev–Trinajstić information content (AvgIpc) is 2.47. The molecule has 0 aliphatic carbocycles. The van der Waals surface area contributed by atoms with Crippen molar-refractivity contribution in [1.82, 2.24) is 0 Å². The third-order valence-corrected chi connectivity index (χ3v) is 2.95. The van der Waals surface area contributed by atoms with Crippen molar-refractivity contribution in [1.29, 1.82) is 0 Å². The van der Waals surface area contributed by atoms with Crippen LogP contribution in [0.1, 0.15) is 28.4 Å². The summed E-state index contributed by atoms with van der Waals surface area (Å²) in [6, 6.07) is 15.2. The van der Waals surface area contributed by atoms with Crippen molar-refractivity contribution < 1.29 is 14.3 Å². The smallest absolute Gasteiger partial charge is 0.338 e. The van der Waals surface area contributed by atoms with Crippen LogP contribution < -0.4 is 4.74 Å². The topological polar surface area (TPSA) is 35.5 Å². The summed E-state index contributed by atoms with van der Waals surface area (Å²) in [5.74, 6) is 0.584. The maximum atomic E-state index is 11.5. The van der Waals surface area contributed by atoms with E-state index in [1.54, 1.807) is 19.1 Å². The number of rotatable bonds is 5. The Bertz CT molecular complexity index is 573. The summed E-state index contributed by atoms with van der Waals surface area (Å²) >= 11 is 0. The summed E-state index contributed by atoms with van der Waals surface area (Å²) in [7, 11) is 0. The van der Waals surface area contributed by atoms with Crippen molar-refractivity contribution in [2.75, 3.05) is 6.61 Å². The molecule has 0 fully saturated rings. The number of hydrogen-bond donors (Lipinski definition) is 0. The second-order valence-electron chi connectivity index (χ2n) is 4.47. The molecule has 0 aliphatic rings. The second kappa shape index (κ2) is 6.75. The van der Waals surface area contributed by atoms with E-state index in [4.69, 9.17) is 9.47 Å². The quantitative estimate of drug-likeness (QED) is 0.776. The number of carbonyl (C=O) groups is 1. The van der Waals surface area contributed by atoms with Gasteiger partial charge in [0.15, 0.2) is 0 Å². The Morgan fingerprint density at radius 2 is 1.75 bits per heavy atom. The van der Waals surface area contributed by atoms with E-state index >= 15 is 0 Å². The van der Waals surface area contributed by atoms with Gasteiger partial charge in [0.2, 0.25) is 0 Å². The Kier molecular flexibility index (Phi) is 4.77. The van der Waals surface area contributed by atoms with Gasteiger partial charge in [-0.3, -0.25) is 0 Å². The Hall–Kier alpha value is -2.29. The molecule has 2 aromatic rings. The highest BCUT2D eigenvalue weighted by molar-refractivity contribution is 5.89. The number of hydrogen-bond acceptors (Lipinski definition) is 3. The van der Waals surface area contributed by atoms with Crippen LogP contribution in [0.4, 0.5) is 0 Å². The van der Waals surface area contributed by atoms with Gasteiger partial charge >= 0.3 is 5.97 Å². The third kappa shape index (κ3) is 3.60. The van der Waals surface area contributed by atoms with Gasteiger partial charge in [0.1, 0.15) is 12.4 Å². The third-order valence-electron chi connectivity index (χ3n) is 2.95. The van der Waals surface area contributed by atoms with Crippen molar-refractivity contribution in [3.8, 4) is 5.75 Å².